The fourth-order valence-corrected chi connectivity index (χ4v) is 2.43. The number of ether oxygens (including phenoxy) is 1. The zero-order valence-electron chi connectivity index (χ0n) is 12.8. The van der Waals surface area contributed by atoms with E-state index in [-0.39, 0.29) is 5.97 Å². The number of carbonyl (C=O) groups is 1. The Bertz CT molecular complexity index is 446. The van der Waals surface area contributed by atoms with Crippen LogP contribution in [0.2, 0.25) is 5.02 Å². The van der Waals surface area contributed by atoms with Gasteiger partial charge < -0.3 is 9.64 Å². The Morgan fingerprint density at radius 2 is 2.15 bits per heavy atom. The van der Waals surface area contributed by atoms with Crippen LogP contribution in [0.1, 0.15) is 38.1 Å². The van der Waals surface area contributed by atoms with Gasteiger partial charge in [0.1, 0.15) is 0 Å². The number of aromatic nitrogens is 2. The van der Waals surface area contributed by atoms with Crippen molar-refractivity contribution in [1.82, 2.24) is 14.7 Å². The summed E-state index contributed by atoms with van der Waals surface area (Å²) < 4.78 is 6.59. The van der Waals surface area contributed by atoms with Crippen molar-refractivity contribution in [2.45, 2.75) is 46.2 Å². The van der Waals surface area contributed by atoms with E-state index in [4.69, 9.17) is 11.6 Å². The molecule has 1 rings (SSSR count). The van der Waals surface area contributed by atoms with E-state index in [2.05, 4.69) is 28.6 Å². The maximum atomic E-state index is 11.1. The van der Waals surface area contributed by atoms with E-state index >= 15 is 0 Å². The Hall–Kier alpha value is -1.07. The molecular formula is C14H24ClN3O2. The standard InChI is InChI=1S/C14H24ClN3O2/c1-5-11-14(15)12(18(6-2)16-11)10-17(3)9-7-8-13(19)20-4/h5-10H2,1-4H3. The lowest BCUT2D eigenvalue weighted by Crippen LogP contribution is -2.22. The van der Waals surface area contributed by atoms with Crippen molar-refractivity contribution < 1.29 is 9.53 Å². The Kier molecular flexibility index (Phi) is 7.02. The summed E-state index contributed by atoms with van der Waals surface area (Å²) >= 11 is 6.38. The monoisotopic (exact) mass is 301 g/mol. The molecule has 1 aromatic rings. The van der Waals surface area contributed by atoms with Crippen molar-refractivity contribution in [2.75, 3.05) is 20.7 Å². The molecule has 20 heavy (non-hydrogen) atoms. The largest absolute Gasteiger partial charge is 0.469 e. The van der Waals surface area contributed by atoms with Gasteiger partial charge >= 0.3 is 5.97 Å². The fourth-order valence-electron chi connectivity index (χ4n) is 2.10. The summed E-state index contributed by atoms with van der Waals surface area (Å²) in [5.74, 6) is -0.164. The minimum atomic E-state index is -0.164. The highest BCUT2D eigenvalue weighted by atomic mass is 35.5. The van der Waals surface area contributed by atoms with Crippen molar-refractivity contribution in [3.63, 3.8) is 0 Å². The van der Waals surface area contributed by atoms with Crippen LogP contribution in [-0.4, -0.2) is 41.4 Å². The van der Waals surface area contributed by atoms with E-state index in [9.17, 15) is 4.79 Å². The van der Waals surface area contributed by atoms with E-state index in [1.165, 1.54) is 7.11 Å². The highest BCUT2D eigenvalue weighted by Crippen LogP contribution is 2.22. The normalized spacial score (nSPS) is 11.1. The molecule has 114 valence electrons. The summed E-state index contributed by atoms with van der Waals surface area (Å²) in [5.41, 5.74) is 2.00. The van der Waals surface area contributed by atoms with Crippen LogP contribution in [0.25, 0.3) is 0 Å². The number of hydrogen-bond donors (Lipinski definition) is 0. The lowest BCUT2D eigenvalue weighted by Gasteiger charge is -2.17. The van der Waals surface area contributed by atoms with Crippen molar-refractivity contribution in [3.05, 3.63) is 16.4 Å². The van der Waals surface area contributed by atoms with Crippen LogP contribution in [-0.2, 0) is 29.0 Å². The summed E-state index contributed by atoms with van der Waals surface area (Å²) in [7, 11) is 3.43. The highest BCUT2D eigenvalue weighted by molar-refractivity contribution is 6.31. The molecule has 0 saturated heterocycles. The topological polar surface area (TPSA) is 47.4 Å². The van der Waals surface area contributed by atoms with Gasteiger partial charge in [0.15, 0.2) is 0 Å². The zero-order chi connectivity index (χ0) is 15.1. The van der Waals surface area contributed by atoms with Crippen molar-refractivity contribution in [3.8, 4) is 0 Å². The number of esters is 1. The average Bonchev–Trinajstić information content (AvgIpc) is 2.75. The second-order valence-corrected chi connectivity index (χ2v) is 5.17. The molecule has 0 bridgehead atoms. The fraction of sp³-hybridized carbons (Fsp3) is 0.714. The molecule has 0 fully saturated rings. The molecule has 0 saturated carbocycles. The first-order valence-electron chi connectivity index (χ1n) is 7.02. The van der Waals surface area contributed by atoms with Crippen LogP contribution in [0.4, 0.5) is 0 Å². The van der Waals surface area contributed by atoms with Crippen molar-refractivity contribution in [1.29, 1.82) is 0 Å². The van der Waals surface area contributed by atoms with Gasteiger partial charge in [-0.1, -0.05) is 18.5 Å². The number of methoxy groups -OCH3 is 1. The van der Waals surface area contributed by atoms with Gasteiger partial charge in [0.2, 0.25) is 0 Å². The van der Waals surface area contributed by atoms with Crippen molar-refractivity contribution in [2.24, 2.45) is 0 Å². The Morgan fingerprint density at radius 1 is 1.45 bits per heavy atom. The van der Waals surface area contributed by atoms with E-state index in [1.807, 2.05) is 11.7 Å². The number of nitrogens with zero attached hydrogens (tertiary/aromatic N) is 3. The third kappa shape index (κ3) is 4.49. The van der Waals surface area contributed by atoms with Gasteiger partial charge in [-0.25, -0.2) is 0 Å². The smallest absolute Gasteiger partial charge is 0.305 e. The van der Waals surface area contributed by atoms with Gasteiger partial charge in [-0.2, -0.15) is 5.10 Å². The maximum absolute atomic E-state index is 11.1. The van der Waals surface area contributed by atoms with Gasteiger partial charge in [-0.3, -0.25) is 9.48 Å². The molecule has 0 N–H and O–H groups in total. The van der Waals surface area contributed by atoms with E-state index in [1.54, 1.807) is 0 Å². The van der Waals surface area contributed by atoms with E-state index in [0.717, 1.165) is 48.9 Å². The number of rotatable bonds is 8. The second-order valence-electron chi connectivity index (χ2n) is 4.79. The molecule has 0 radical (unpaired) electrons. The maximum Gasteiger partial charge on any atom is 0.305 e. The molecule has 5 nitrogen and oxygen atoms in total. The van der Waals surface area contributed by atoms with Crippen molar-refractivity contribution >= 4 is 17.6 Å². The van der Waals surface area contributed by atoms with Gasteiger partial charge in [0.05, 0.1) is 23.5 Å². The van der Waals surface area contributed by atoms with Gasteiger partial charge in [-0.05, 0) is 33.4 Å². The summed E-state index contributed by atoms with van der Waals surface area (Å²) in [4.78, 5) is 13.2. The first-order chi connectivity index (χ1) is 9.53. The lowest BCUT2D eigenvalue weighted by atomic mass is 10.2. The summed E-state index contributed by atoms with van der Waals surface area (Å²) in [5, 5.41) is 5.28. The minimum absolute atomic E-state index is 0.164. The average molecular weight is 302 g/mol. The number of aryl methyl sites for hydroxylation is 2. The number of hydrogen-bond acceptors (Lipinski definition) is 4. The van der Waals surface area contributed by atoms with Gasteiger partial charge in [-0.15, -0.1) is 0 Å². The van der Waals surface area contributed by atoms with Crippen LogP contribution >= 0.6 is 11.6 Å². The molecule has 0 atom stereocenters. The van der Waals surface area contributed by atoms with Crippen LogP contribution < -0.4 is 0 Å². The first-order valence-corrected chi connectivity index (χ1v) is 7.40. The number of carbonyl (C=O) groups excluding carboxylic acids is 1. The van der Waals surface area contributed by atoms with Crippen LogP contribution in [0.15, 0.2) is 0 Å². The molecule has 0 aliphatic heterocycles. The summed E-state index contributed by atoms with van der Waals surface area (Å²) in [6.07, 6.45) is 2.06. The van der Waals surface area contributed by atoms with E-state index in [0.29, 0.717) is 6.42 Å². The Balaban J connectivity index is 2.59. The molecular weight excluding hydrogens is 278 g/mol. The zero-order valence-corrected chi connectivity index (χ0v) is 13.5. The molecule has 1 heterocycles. The third-order valence-electron chi connectivity index (χ3n) is 3.26. The summed E-state index contributed by atoms with van der Waals surface area (Å²) in [6, 6.07) is 0. The molecule has 0 amide bonds. The second kappa shape index (κ2) is 8.27. The third-order valence-corrected chi connectivity index (χ3v) is 3.70. The van der Waals surface area contributed by atoms with E-state index < -0.39 is 0 Å². The molecule has 1 aromatic heterocycles. The van der Waals surface area contributed by atoms with Crippen LogP contribution in [0, 0.1) is 0 Å². The lowest BCUT2D eigenvalue weighted by molar-refractivity contribution is -0.140. The first kappa shape index (κ1) is 17.0. The molecule has 0 spiro atoms. The SMILES string of the molecule is CCc1nn(CC)c(CN(C)CCCC(=O)OC)c1Cl. The molecule has 0 unspecified atom stereocenters. The minimum Gasteiger partial charge on any atom is -0.469 e. The molecule has 0 aromatic carbocycles. The Labute approximate surface area is 125 Å². The quantitative estimate of drug-likeness (QED) is 0.692. The molecule has 6 heteroatoms. The molecule has 0 aliphatic rings. The number of halogens is 1. The molecule has 0 aliphatic carbocycles. The summed E-state index contributed by atoms with van der Waals surface area (Å²) in [6.45, 7) is 6.48. The van der Waals surface area contributed by atoms with Gasteiger partial charge in [0, 0.05) is 19.5 Å². The van der Waals surface area contributed by atoms with Crippen LogP contribution in [0.5, 0.6) is 0 Å². The van der Waals surface area contributed by atoms with Gasteiger partial charge in [0.25, 0.3) is 0 Å². The predicted molar refractivity (Wildman–Crippen MR) is 79.9 cm³/mol. The van der Waals surface area contributed by atoms with Crippen LogP contribution in [0.3, 0.4) is 0 Å². The highest BCUT2D eigenvalue weighted by Gasteiger charge is 2.15. The predicted octanol–water partition coefficient (Wildman–Crippen LogP) is 2.50. The Morgan fingerprint density at radius 3 is 2.70 bits per heavy atom.